The van der Waals surface area contributed by atoms with Gasteiger partial charge in [0, 0.05) is 62.9 Å². The summed E-state index contributed by atoms with van der Waals surface area (Å²) in [5, 5.41) is 89.4. The van der Waals surface area contributed by atoms with Crippen molar-refractivity contribution in [2.45, 2.75) is 178 Å². The van der Waals surface area contributed by atoms with Crippen molar-refractivity contribution in [1.82, 2.24) is 36.4 Å². The van der Waals surface area contributed by atoms with Crippen LogP contribution >= 0.6 is 0 Å². The van der Waals surface area contributed by atoms with E-state index in [0.717, 1.165) is 75.6 Å². The highest BCUT2D eigenvalue weighted by Gasteiger charge is 2.40. The van der Waals surface area contributed by atoms with E-state index in [0.29, 0.717) is 61.2 Å². The van der Waals surface area contributed by atoms with Crippen LogP contribution in [0.3, 0.4) is 0 Å². The third-order valence-electron chi connectivity index (χ3n) is 13.0. The van der Waals surface area contributed by atoms with Crippen molar-refractivity contribution in [2.75, 3.05) is 154 Å². The lowest BCUT2D eigenvalue weighted by Gasteiger charge is -2.27. The average molecular weight is 1190 g/mol. The molecule has 1 saturated carbocycles. The van der Waals surface area contributed by atoms with Gasteiger partial charge < -0.3 is 93.2 Å². The molecule has 0 spiro atoms. The lowest BCUT2D eigenvalue weighted by atomic mass is 9.84. The molecule has 21 nitrogen and oxygen atoms in total. The second-order valence-corrected chi connectivity index (χ2v) is 27.1. The second-order valence-electron chi connectivity index (χ2n) is 27.1. The third kappa shape index (κ3) is 57.1. The van der Waals surface area contributed by atoms with Gasteiger partial charge in [0.1, 0.15) is 5.78 Å². The van der Waals surface area contributed by atoms with Gasteiger partial charge in [-0.2, -0.15) is 0 Å². The number of guanidine groups is 1. The van der Waals surface area contributed by atoms with E-state index in [9.17, 15) is 19.8 Å². The van der Waals surface area contributed by atoms with Crippen molar-refractivity contribution in [3.05, 3.63) is 0 Å². The lowest BCUT2D eigenvalue weighted by Crippen LogP contribution is -2.48. The van der Waals surface area contributed by atoms with Crippen molar-refractivity contribution in [3.63, 3.8) is 0 Å². The number of nitrogens with zero attached hydrogens (tertiary/aromatic N) is 4. The summed E-state index contributed by atoms with van der Waals surface area (Å²) < 4.78 is 1.06. The third-order valence-corrected chi connectivity index (χ3v) is 13.0. The largest absolute Gasteiger partial charge is 0.396 e. The molecule has 17 N–H and O–H groups in total. The molecule has 0 saturated heterocycles. The van der Waals surface area contributed by atoms with E-state index in [2.05, 4.69) is 153 Å². The molecule has 1 aliphatic rings. The van der Waals surface area contributed by atoms with Gasteiger partial charge >= 0.3 is 0 Å². The van der Waals surface area contributed by atoms with E-state index in [1.54, 1.807) is 6.92 Å². The number of hydrogen-bond donors (Lipinski definition) is 15. The standard InChI is InChI=1S/C13H28N2O.C13H27NO4.C10H25N2.C10H21NO3.C8H19NO2.C7H18N4/c1-11(2)10-14-13(3,4)12(16)8-7-9-15(5)6;1-11(2)7-14-5-3-4-12(18)6-13(8-15,9-16)10-17;1-10(2)9-11(3)7-8-12(4,5)6;1-6(2)4-11-8-3-7(5-12)9(13)10(8)14;1-6(2)4-9-8(5-10)7(3)11;1-6(2)5-10-3-4-11-7(8)9/h11,14H,7-10H2,1-6H3;11,14-17H,3-10H2,1-2H3;10H,7-9H2,1-6H3;6-14H,3-5H2,1-2H3;6-11H,4-5H2,1-3H3;6,10H,3-5H2,1-2H3,(H4,8,9,11)/q;;+1;;;/t;;;7-,8-,9-,10+;7-,8-;/m...11./s1. The van der Waals surface area contributed by atoms with E-state index in [1.807, 2.05) is 27.9 Å². The predicted octanol–water partition coefficient (Wildman–Crippen LogP) is 1.95. The fourth-order valence-electron chi connectivity index (χ4n) is 7.56. The number of likely N-dealkylation sites (N-methyl/N-ethyl adjacent to an activating group) is 2. The van der Waals surface area contributed by atoms with E-state index in [1.165, 1.54) is 19.6 Å². The summed E-state index contributed by atoms with van der Waals surface area (Å²) in [6.45, 7) is 41.6. The van der Waals surface area contributed by atoms with Crippen LogP contribution in [0.25, 0.3) is 0 Å². The van der Waals surface area contributed by atoms with Crippen LogP contribution in [0.5, 0.6) is 0 Å². The molecule has 1 aliphatic carbocycles. The van der Waals surface area contributed by atoms with E-state index < -0.39 is 23.7 Å². The number of Topliss-reactive ketones (excluding diaryl/α,β-unsaturated/α-hetero) is 2. The van der Waals surface area contributed by atoms with Gasteiger partial charge in [-0.15, -0.1) is 0 Å². The molecule has 0 aromatic rings. The summed E-state index contributed by atoms with van der Waals surface area (Å²) in [6, 6.07) is -0.262. The van der Waals surface area contributed by atoms with Crippen LogP contribution in [-0.2, 0) is 9.59 Å². The molecule has 0 aromatic heterocycles. The quantitative estimate of drug-likeness (QED) is 0.0182. The Morgan fingerprint density at radius 2 is 1.17 bits per heavy atom. The number of aliphatic imine (C=N–C) groups is 1. The fraction of sp³-hybridized carbons (Fsp3) is 0.951. The Bertz CT molecular complexity index is 1490. The van der Waals surface area contributed by atoms with Crippen molar-refractivity contribution < 1.29 is 54.9 Å². The second kappa shape index (κ2) is 52.1. The van der Waals surface area contributed by atoms with Gasteiger partial charge in [-0.25, -0.2) is 0 Å². The van der Waals surface area contributed by atoms with Gasteiger partial charge in [-0.3, -0.25) is 14.6 Å². The molecule has 0 aliphatic heterocycles. The summed E-state index contributed by atoms with van der Waals surface area (Å²) in [5.41, 5.74) is 8.82. The smallest absolute Gasteiger partial charge is 0.185 e. The normalized spacial score (nSPS) is 17.1. The van der Waals surface area contributed by atoms with E-state index >= 15 is 0 Å². The topological polar surface area (TPSA) is 327 Å². The SMILES string of the molecule is CC(C)CN(C)CC[N+](C)(C)C.CC(C)CNC(C)(C)C(=O)CCCN(C)C.CC(C)CNCCCC(=O)CC(CO)(CO)CO.CC(C)CNCCN=C(N)N.CC(C)CN[C@@H]1C[C@H](CO)[C@@H](O)[C@H]1O.CC(C)CN[C@H](CO)[C@@H](C)O. The molecule has 496 valence electrons. The summed E-state index contributed by atoms with van der Waals surface area (Å²) in [4.78, 5) is 32.0. The number of carbonyl (C=O) groups is 2. The molecular weight excluding hydrogens is 1050 g/mol. The Labute approximate surface area is 502 Å². The minimum atomic E-state index is -1.07. The molecule has 0 aromatic carbocycles. The highest BCUT2D eigenvalue weighted by molar-refractivity contribution is 5.87. The number of nitrogens with one attached hydrogen (secondary N) is 5. The van der Waals surface area contributed by atoms with Gasteiger partial charge in [0.2, 0.25) is 0 Å². The number of rotatable bonds is 38. The Kier molecular flexibility index (Phi) is 56.4. The maximum Gasteiger partial charge on any atom is 0.185 e. The first-order valence-corrected chi connectivity index (χ1v) is 30.8. The van der Waals surface area contributed by atoms with Gasteiger partial charge in [-0.1, -0.05) is 83.1 Å². The molecule has 0 bridgehead atoms. The van der Waals surface area contributed by atoms with Gasteiger partial charge in [0.05, 0.1) is 90.6 Å². The van der Waals surface area contributed by atoms with Gasteiger partial charge in [-0.05, 0) is 142 Å². The van der Waals surface area contributed by atoms with Crippen molar-refractivity contribution in [1.29, 1.82) is 0 Å². The number of hydrogen-bond acceptors (Lipinski definition) is 18. The number of ketones is 2. The van der Waals surface area contributed by atoms with Crippen molar-refractivity contribution in [3.8, 4) is 0 Å². The number of aliphatic hydroxyl groups is 8. The minimum Gasteiger partial charge on any atom is -0.396 e. The van der Waals surface area contributed by atoms with Gasteiger partial charge in [0.25, 0.3) is 0 Å². The Morgan fingerprint density at radius 1 is 0.671 bits per heavy atom. The fourth-order valence-corrected chi connectivity index (χ4v) is 7.56. The monoisotopic (exact) mass is 1190 g/mol. The van der Waals surface area contributed by atoms with Crippen LogP contribution < -0.4 is 38.1 Å². The molecule has 0 heterocycles. The number of aliphatic hydroxyl groups excluding tert-OH is 8. The molecule has 0 radical (unpaired) electrons. The van der Waals surface area contributed by atoms with Crippen LogP contribution in [0, 0.1) is 46.8 Å². The molecule has 82 heavy (non-hydrogen) atoms. The average Bonchev–Trinajstić information content (AvgIpc) is 3.64. The molecule has 1 rings (SSSR count). The highest BCUT2D eigenvalue weighted by atomic mass is 16.3. The molecular formula is C61H138N11O10+. The molecule has 0 unspecified atom stereocenters. The number of quaternary nitrogens is 1. The first-order chi connectivity index (χ1) is 37.8. The Hall–Kier alpha value is -2.03. The van der Waals surface area contributed by atoms with Crippen LogP contribution in [0.15, 0.2) is 4.99 Å². The Balaban J connectivity index is -0.000000292. The van der Waals surface area contributed by atoms with Crippen molar-refractivity contribution in [2.24, 2.45) is 63.3 Å². The van der Waals surface area contributed by atoms with E-state index in [-0.39, 0.29) is 74.7 Å². The lowest BCUT2D eigenvalue weighted by molar-refractivity contribution is -0.869. The van der Waals surface area contributed by atoms with E-state index in [4.69, 9.17) is 42.1 Å². The molecule has 6 atom stereocenters. The van der Waals surface area contributed by atoms with Gasteiger partial charge in [0.15, 0.2) is 11.7 Å². The summed E-state index contributed by atoms with van der Waals surface area (Å²) >= 11 is 0. The molecule has 21 heteroatoms. The highest BCUT2D eigenvalue weighted by Crippen LogP contribution is 2.26. The zero-order valence-electron chi connectivity index (χ0n) is 56.5. The Morgan fingerprint density at radius 3 is 1.56 bits per heavy atom. The first kappa shape index (κ1) is 88.7. The molecule has 1 fully saturated rings. The number of nitrogens with two attached hydrogens (primary N) is 2. The van der Waals surface area contributed by atoms with Crippen LogP contribution in [0.4, 0.5) is 0 Å². The summed E-state index contributed by atoms with van der Waals surface area (Å²) in [7, 11) is 13.0. The van der Waals surface area contributed by atoms with Crippen LogP contribution in [0.2, 0.25) is 0 Å². The first-order valence-electron chi connectivity index (χ1n) is 30.8. The zero-order chi connectivity index (χ0) is 64.8. The maximum atomic E-state index is 12.0. The summed E-state index contributed by atoms with van der Waals surface area (Å²) in [6.07, 6.45) is 1.41. The van der Waals surface area contributed by atoms with Crippen molar-refractivity contribution >= 4 is 17.5 Å². The zero-order valence-corrected chi connectivity index (χ0v) is 56.5. The minimum absolute atomic E-state index is 0.00954. The summed E-state index contributed by atoms with van der Waals surface area (Å²) in [5.74, 6) is 3.95. The van der Waals surface area contributed by atoms with Crippen LogP contribution in [0.1, 0.15) is 142 Å². The maximum absolute atomic E-state index is 12.0. The predicted molar refractivity (Wildman–Crippen MR) is 343 cm³/mol. The number of carbonyl (C=O) groups excluding carboxylic acids is 2. The van der Waals surface area contributed by atoms with Crippen LogP contribution in [-0.4, -0.2) is 262 Å². The molecule has 0 amide bonds.